The maximum atomic E-state index is 10.7. The zero-order chi connectivity index (χ0) is 20.8. The first kappa shape index (κ1) is 22.5. The minimum atomic E-state index is -6.09. The highest BCUT2D eigenvalue weighted by Gasteiger charge is 2.36. The van der Waals surface area contributed by atoms with Gasteiger partial charge in [-0.15, -0.1) is 0 Å². The normalized spacial score (nSPS) is 15.8. The molecule has 1 saturated heterocycles. The Morgan fingerprint density at radius 3 is 1.89 bits per heavy atom. The fraction of sp³-hybridized carbons (Fsp3) is 0.300. The van der Waals surface area contributed by atoms with Crippen LogP contribution < -0.4 is 0 Å². The van der Waals surface area contributed by atoms with E-state index in [1.54, 1.807) is 0 Å². The van der Waals surface area contributed by atoms with Crippen LogP contribution in [0.4, 0.5) is 13.2 Å². The van der Waals surface area contributed by atoms with Crippen LogP contribution in [0.2, 0.25) is 0 Å². The average molecular weight is 431 g/mol. The van der Waals surface area contributed by atoms with E-state index in [0.717, 1.165) is 0 Å². The maximum Gasteiger partial charge on any atom is 0.485 e. The van der Waals surface area contributed by atoms with E-state index < -0.39 is 15.6 Å². The van der Waals surface area contributed by atoms with E-state index in [1.807, 2.05) is 0 Å². The average Bonchev–Trinajstić information content (AvgIpc) is 3.13. The van der Waals surface area contributed by atoms with E-state index in [-0.39, 0.29) is 0 Å². The molecule has 0 atom stereocenters. The molecule has 0 saturated carbocycles. The molecule has 3 nitrogen and oxygen atoms in total. The van der Waals surface area contributed by atoms with E-state index in [9.17, 15) is 13.2 Å². The van der Waals surface area contributed by atoms with E-state index in [0.29, 0.717) is 10.9 Å². The smallest absolute Gasteiger partial charge is 0.485 e. The van der Waals surface area contributed by atoms with Crippen molar-refractivity contribution in [3.05, 3.63) is 76.7 Å². The van der Waals surface area contributed by atoms with Gasteiger partial charge in [-0.3, -0.25) is 0 Å². The molecule has 1 fully saturated rings. The Balaban J connectivity index is 0.000000300. The predicted molar refractivity (Wildman–Crippen MR) is 107 cm³/mol. The van der Waals surface area contributed by atoms with E-state index >= 15 is 0 Å². The van der Waals surface area contributed by atoms with E-state index in [4.69, 9.17) is 13.0 Å². The fourth-order valence-electron chi connectivity index (χ4n) is 2.62. The number of aryl methyl sites for hydroxylation is 1. The lowest BCUT2D eigenvalue weighted by Gasteiger charge is -2.08. The number of alkyl halides is 3. The van der Waals surface area contributed by atoms with Crippen LogP contribution in [0.1, 0.15) is 29.5 Å². The Labute approximate surface area is 166 Å². The highest BCUT2D eigenvalue weighted by atomic mass is 32.2. The van der Waals surface area contributed by atoms with Gasteiger partial charge in [0.2, 0.25) is 0 Å². The molecule has 152 valence electrons. The molecule has 0 bridgehead atoms. The van der Waals surface area contributed by atoms with Gasteiger partial charge in [0, 0.05) is 16.5 Å². The summed E-state index contributed by atoms with van der Waals surface area (Å²) in [5, 5.41) is 2.53. The Bertz CT molecular complexity index is 885. The monoisotopic (exact) mass is 430 g/mol. The van der Waals surface area contributed by atoms with Crippen molar-refractivity contribution in [2.75, 3.05) is 11.5 Å². The molecule has 28 heavy (non-hydrogen) atoms. The quantitative estimate of drug-likeness (QED) is 0.397. The third-order valence-electron chi connectivity index (χ3n) is 4.08. The van der Waals surface area contributed by atoms with Gasteiger partial charge in [0.25, 0.3) is 0 Å². The van der Waals surface area contributed by atoms with Crippen molar-refractivity contribution in [2.24, 2.45) is 0 Å². The third kappa shape index (κ3) is 6.68. The summed E-state index contributed by atoms with van der Waals surface area (Å²) in [6, 6.07) is 19.8. The van der Waals surface area contributed by atoms with Crippen LogP contribution in [0.3, 0.4) is 0 Å². The second-order valence-electron chi connectivity index (χ2n) is 6.32. The van der Waals surface area contributed by atoms with Gasteiger partial charge in [0.1, 0.15) is 16.9 Å². The molecule has 0 aliphatic carbocycles. The summed E-state index contributed by atoms with van der Waals surface area (Å²) < 4.78 is 58.9. The lowest BCUT2D eigenvalue weighted by atomic mass is 9.99. The van der Waals surface area contributed by atoms with Crippen LogP contribution in [0.5, 0.6) is 0 Å². The van der Waals surface area contributed by atoms with Gasteiger partial charge >= 0.3 is 5.51 Å². The molecule has 0 N–H and O–H groups in total. The molecule has 1 heterocycles. The standard InChI is InChI=1S/C19H21S.CHF3O3S/c1-16-9-11-18(12-10-16)19(15-20-13-5-6-14-20)17-7-3-2-4-8-17;2-1(3,4)8(5,6)7/h2-4,7-12,15H,5-6,13-14H2,1H3;(H,5,6,7)/q+1;/p-1. The largest absolute Gasteiger partial charge is 0.741 e. The molecule has 2 aromatic carbocycles. The van der Waals surface area contributed by atoms with Crippen LogP contribution in [0.15, 0.2) is 60.0 Å². The molecule has 8 heteroatoms. The van der Waals surface area contributed by atoms with Crippen molar-refractivity contribution in [3.8, 4) is 0 Å². The van der Waals surface area contributed by atoms with Gasteiger partial charge in [0.15, 0.2) is 10.1 Å². The lowest BCUT2D eigenvalue weighted by molar-refractivity contribution is -0.0517. The van der Waals surface area contributed by atoms with Gasteiger partial charge in [-0.2, -0.15) is 13.2 Å². The lowest BCUT2D eigenvalue weighted by Crippen LogP contribution is -2.21. The topological polar surface area (TPSA) is 57.2 Å². The maximum absolute atomic E-state index is 10.7. The molecular weight excluding hydrogens is 409 g/mol. The van der Waals surface area contributed by atoms with Crippen molar-refractivity contribution in [1.29, 1.82) is 0 Å². The molecule has 3 rings (SSSR count). The second-order valence-corrected chi connectivity index (χ2v) is 9.81. The predicted octanol–water partition coefficient (Wildman–Crippen LogP) is 4.85. The Hall–Kier alpha value is -1.77. The molecule has 0 aromatic heterocycles. The fourth-order valence-corrected chi connectivity index (χ4v) is 4.81. The first-order valence-corrected chi connectivity index (χ1v) is 11.6. The zero-order valence-electron chi connectivity index (χ0n) is 15.3. The number of benzene rings is 2. The van der Waals surface area contributed by atoms with Gasteiger partial charge in [0.05, 0.1) is 0 Å². The van der Waals surface area contributed by atoms with Crippen LogP contribution in [0.25, 0.3) is 5.57 Å². The number of rotatable bonds is 3. The molecule has 1 aliphatic rings. The minimum Gasteiger partial charge on any atom is -0.741 e. The van der Waals surface area contributed by atoms with Crippen molar-refractivity contribution in [1.82, 2.24) is 0 Å². The van der Waals surface area contributed by atoms with Crippen LogP contribution in [-0.2, 0) is 21.0 Å². The highest BCUT2D eigenvalue weighted by Crippen LogP contribution is 2.27. The summed E-state index contributed by atoms with van der Waals surface area (Å²) in [6.07, 6.45) is 2.80. The van der Waals surface area contributed by atoms with Gasteiger partial charge in [-0.1, -0.05) is 60.2 Å². The minimum absolute atomic E-state index is 0.474. The molecule has 0 spiro atoms. The van der Waals surface area contributed by atoms with Crippen molar-refractivity contribution >= 4 is 26.6 Å². The Morgan fingerprint density at radius 1 is 0.964 bits per heavy atom. The molecule has 1 aliphatic heterocycles. The second kappa shape index (κ2) is 9.62. The summed E-state index contributed by atoms with van der Waals surface area (Å²) in [7, 11) is -5.62. The Kier molecular flexibility index (Phi) is 7.74. The van der Waals surface area contributed by atoms with Crippen molar-refractivity contribution < 1.29 is 26.1 Å². The number of hydrogen-bond donors (Lipinski definition) is 0. The van der Waals surface area contributed by atoms with Crippen LogP contribution in [-0.4, -0.2) is 30.0 Å². The first-order valence-electron chi connectivity index (χ1n) is 8.60. The molecule has 2 aromatic rings. The van der Waals surface area contributed by atoms with Crippen molar-refractivity contribution in [3.63, 3.8) is 0 Å². The van der Waals surface area contributed by atoms with Gasteiger partial charge in [-0.05, 0) is 30.9 Å². The third-order valence-corrected chi connectivity index (χ3v) is 6.84. The molecular formula is C20H21F3O3S2. The Morgan fingerprint density at radius 2 is 1.43 bits per heavy atom. The van der Waals surface area contributed by atoms with Gasteiger partial charge in [-0.25, -0.2) is 8.42 Å². The number of halogens is 3. The van der Waals surface area contributed by atoms with Crippen LogP contribution >= 0.6 is 0 Å². The summed E-state index contributed by atoms with van der Waals surface area (Å²) in [5.41, 5.74) is -0.218. The molecule has 0 amide bonds. The molecule has 0 unspecified atom stereocenters. The van der Waals surface area contributed by atoms with E-state index in [2.05, 4.69) is 66.9 Å². The zero-order valence-corrected chi connectivity index (χ0v) is 16.9. The summed E-state index contributed by atoms with van der Waals surface area (Å²) >= 11 is 0. The van der Waals surface area contributed by atoms with Gasteiger partial charge < -0.3 is 4.55 Å². The summed E-state index contributed by atoms with van der Waals surface area (Å²) in [4.78, 5) is 0. The summed E-state index contributed by atoms with van der Waals surface area (Å²) in [5.74, 6) is 2.75. The van der Waals surface area contributed by atoms with Crippen LogP contribution in [0, 0.1) is 6.92 Å². The highest BCUT2D eigenvalue weighted by molar-refractivity contribution is 8.00. The SMILES string of the molecule is Cc1ccc(C(=C[S+]2CCCC2)c2ccccc2)cc1.O=S(=O)([O-])C(F)(F)F. The molecule has 0 radical (unpaired) electrons. The van der Waals surface area contributed by atoms with Crippen molar-refractivity contribution in [2.45, 2.75) is 25.3 Å². The first-order chi connectivity index (χ1) is 13.1. The number of hydrogen-bond acceptors (Lipinski definition) is 3. The van der Waals surface area contributed by atoms with E-state index in [1.165, 1.54) is 46.6 Å². The summed E-state index contributed by atoms with van der Waals surface area (Å²) in [6.45, 7) is 2.15.